The van der Waals surface area contributed by atoms with Crippen molar-refractivity contribution in [2.45, 2.75) is 18.6 Å². The molecule has 2 heterocycles. The number of nitrogens with zero attached hydrogens (tertiary/aromatic N) is 1. The first-order valence-electron chi connectivity index (χ1n) is 7.63. The van der Waals surface area contributed by atoms with Gasteiger partial charge in [-0.05, 0) is 17.2 Å². The van der Waals surface area contributed by atoms with Gasteiger partial charge in [-0.15, -0.1) is 0 Å². The molecule has 2 unspecified atom stereocenters. The normalized spacial score (nSPS) is 20.2. The van der Waals surface area contributed by atoms with E-state index in [9.17, 15) is 5.11 Å². The molecule has 0 bridgehead atoms. The Morgan fingerprint density at radius 2 is 2.09 bits per heavy atom. The van der Waals surface area contributed by atoms with Crippen molar-refractivity contribution in [3.8, 4) is 0 Å². The van der Waals surface area contributed by atoms with E-state index >= 15 is 0 Å². The standard InChI is InChI=1S/C18H19N3O/c19-13-5-3-4-12(8-13)18(22)9-16-14-6-1-2-7-15(14)17-10-20-11-21(16)17/h1-8,10,16,18,20,22H,9,11,19H2/p+1. The lowest BCUT2D eigenvalue weighted by molar-refractivity contribution is -0.254. The van der Waals surface area contributed by atoms with Crippen LogP contribution in [0, 0.1) is 0 Å². The van der Waals surface area contributed by atoms with Crippen molar-refractivity contribution in [2.75, 3.05) is 6.67 Å². The molecule has 0 amide bonds. The first kappa shape index (κ1) is 13.4. The Kier molecular flexibility index (Phi) is 3.13. The smallest absolute Gasteiger partial charge is 0.128 e. The molecular weight excluding hydrogens is 274 g/mol. The molecule has 22 heavy (non-hydrogen) atoms. The quantitative estimate of drug-likeness (QED) is 0.810. The summed E-state index contributed by atoms with van der Waals surface area (Å²) in [5, 5.41) is 13.9. The molecule has 0 saturated carbocycles. The summed E-state index contributed by atoms with van der Waals surface area (Å²) in [6.07, 6.45) is 2.26. The van der Waals surface area contributed by atoms with Gasteiger partial charge in [0.05, 0.1) is 24.5 Å². The number of benzene rings is 2. The second kappa shape index (κ2) is 5.16. The lowest BCUT2D eigenvalue weighted by Crippen LogP contribution is -2.40. The Bertz CT molecular complexity index is 741. The highest BCUT2D eigenvalue weighted by Crippen LogP contribution is 2.45. The average molecular weight is 294 g/mol. The van der Waals surface area contributed by atoms with Crippen LogP contribution in [-0.4, -0.2) is 16.7 Å². The van der Waals surface area contributed by atoms with Crippen molar-refractivity contribution in [1.29, 1.82) is 0 Å². The Hall–Kier alpha value is -2.30. The second-order valence-corrected chi connectivity index (χ2v) is 5.96. The maximum Gasteiger partial charge on any atom is 0.128 e. The molecule has 0 fully saturated rings. The maximum atomic E-state index is 10.7. The SMILES string of the molecule is [NH3+]c1cccc(C(O)CC2c3ccccc3C3=CNCN32)c1. The summed E-state index contributed by atoms with van der Waals surface area (Å²) < 4.78 is 0. The summed E-state index contributed by atoms with van der Waals surface area (Å²) in [5.41, 5.74) is 9.63. The third-order valence-corrected chi connectivity index (χ3v) is 4.56. The van der Waals surface area contributed by atoms with E-state index in [0.29, 0.717) is 6.42 Å². The van der Waals surface area contributed by atoms with Crippen LogP contribution in [-0.2, 0) is 0 Å². The molecule has 0 aromatic heterocycles. The molecule has 5 N–H and O–H groups in total. The zero-order valence-electron chi connectivity index (χ0n) is 12.4. The fourth-order valence-electron chi connectivity index (χ4n) is 3.51. The van der Waals surface area contributed by atoms with Gasteiger partial charge in [0.1, 0.15) is 5.69 Å². The molecule has 0 aliphatic carbocycles. The number of fused-ring (bicyclic) bond motifs is 3. The van der Waals surface area contributed by atoms with Gasteiger partial charge in [-0.1, -0.05) is 36.4 Å². The number of hydrogen-bond acceptors (Lipinski definition) is 3. The largest absolute Gasteiger partial charge is 0.388 e. The van der Waals surface area contributed by atoms with Crippen LogP contribution >= 0.6 is 0 Å². The number of rotatable bonds is 3. The van der Waals surface area contributed by atoms with Crippen molar-refractivity contribution in [3.05, 3.63) is 71.4 Å². The predicted octanol–water partition coefficient (Wildman–Crippen LogP) is 1.90. The van der Waals surface area contributed by atoms with E-state index in [1.807, 2.05) is 24.3 Å². The van der Waals surface area contributed by atoms with Crippen LogP contribution < -0.4 is 11.1 Å². The number of nitrogens with one attached hydrogen (secondary N) is 1. The first-order valence-corrected chi connectivity index (χ1v) is 7.63. The van der Waals surface area contributed by atoms with Gasteiger partial charge >= 0.3 is 0 Å². The van der Waals surface area contributed by atoms with Gasteiger partial charge in [-0.25, -0.2) is 0 Å². The average Bonchev–Trinajstić information content (AvgIpc) is 3.10. The van der Waals surface area contributed by atoms with Crippen LogP contribution in [0.15, 0.2) is 54.7 Å². The molecule has 0 radical (unpaired) electrons. The lowest BCUT2D eigenvalue weighted by Gasteiger charge is -2.26. The Morgan fingerprint density at radius 3 is 2.95 bits per heavy atom. The van der Waals surface area contributed by atoms with Crippen LogP contribution in [0.4, 0.5) is 5.69 Å². The molecule has 2 atom stereocenters. The summed E-state index contributed by atoms with van der Waals surface area (Å²) in [5.74, 6) is 0. The molecule has 2 aliphatic heterocycles. The molecule has 4 rings (SSSR count). The monoisotopic (exact) mass is 294 g/mol. The van der Waals surface area contributed by atoms with Crippen LogP contribution in [0.3, 0.4) is 0 Å². The minimum absolute atomic E-state index is 0.209. The Morgan fingerprint density at radius 1 is 1.23 bits per heavy atom. The fourth-order valence-corrected chi connectivity index (χ4v) is 3.51. The van der Waals surface area contributed by atoms with E-state index in [-0.39, 0.29) is 6.04 Å². The molecule has 0 saturated heterocycles. The van der Waals surface area contributed by atoms with Gasteiger partial charge < -0.3 is 21.1 Å². The third kappa shape index (κ3) is 2.08. The number of quaternary nitrogens is 1. The summed E-state index contributed by atoms with van der Waals surface area (Å²) in [4.78, 5) is 2.34. The van der Waals surface area contributed by atoms with E-state index in [4.69, 9.17) is 0 Å². The van der Waals surface area contributed by atoms with E-state index in [1.54, 1.807) is 0 Å². The molecule has 2 aromatic rings. The van der Waals surface area contributed by atoms with Crippen LogP contribution in [0.5, 0.6) is 0 Å². The zero-order valence-corrected chi connectivity index (χ0v) is 12.4. The van der Waals surface area contributed by atoms with Gasteiger partial charge in [0.15, 0.2) is 0 Å². The van der Waals surface area contributed by atoms with Crippen molar-refractivity contribution < 1.29 is 10.8 Å². The molecule has 2 aliphatic rings. The number of aliphatic hydroxyl groups is 1. The summed E-state index contributed by atoms with van der Waals surface area (Å²) in [6.45, 7) is 0.802. The minimum Gasteiger partial charge on any atom is -0.388 e. The van der Waals surface area contributed by atoms with Gasteiger partial charge in [0.25, 0.3) is 0 Å². The van der Waals surface area contributed by atoms with Crippen LogP contribution in [0.1, 0.15) is 35.3 Å². The van der Waals surface area contributed by atoms with Crippen molar-refractivity contribution in [2.24, 2.45) is 0 Å². The highest BCUT2D eigenvalue weighted by molar-refractivity contribution is 5.73. The highest BCUT2D eigenvalue weighted by atomic mass is 16.3. The number of aliphatic hydroxyl groups excluding tert-OH is 1. The minimum atomic E-state index is -0.486. The predicted molar refractivity (Wildman–Crippen MR) is 85.6 cm³/mol. The first-order chi connectivity index (χ1) is 10.7. The van der Waals surface area contributed by atoms with Gasteiger partial charge in [-0.2, -0.15) is 0 Å². The van der Waals surface area contributed by atoms with E-state index in [0.717, 1.165) is 17.9 Å². The second-order valence-electron chi connectivity index (χ2n) is 5.96. The third-order valence-electron chi connectivity index (χ3n) is 4.56. The van der Waals surface area contributed by atoms with Gasteiger partial charge in [-0.3, -0.25) is 0 Å². The molecule has 2 aromatic carbocycles. The molecular formula is C18H20N3O+. The lowest BCUT2D eigenvalue weighted by atomic mass is 9.96. The maximum absolute atomic E-state index is 10.7. The molecule has 112 valence electrons. The van der Waals surface area contributed by atoms with Gasteiger partial charge in [0.2, 0.25) is 0 Å². The number of hydrogen-bond donors (Lipinski definition) is 3. The fraction of sp³-hybridized carbons (Fsp3) is 0.222. The van der Waals surface area contributed by atoms with Crippen LogP contribution in [0.25, 0.3) is 5.70 Å². The van der Waals surface area contributed by atoms with Gasteiger partial charge in [0, 0.05) is 24.3 Å². The topological polar surface area (TPSA) is 63.1 Å². The Balaban J connectivity index is 1.64. The zero-order chi connectivity index (χ0) is 15.1. The molecule has 4 heteroatoms. The van der Waals surface area contributed by atoms with Crippen molar-refractivity contribution in [3.63, 3.8) is 0 Å². The summed E-state index contributed by atoms with van der Waals surface area (Å²) >= 11 is 0. The van der Waals surface area contributed by atoms with E-state index in [2.05, 4.69) is 46.4 Å². The Labute approximate surface area is 129 Å². The van der Waals surface area contributed by atoms with E-state index < -0.39 is 6.10 Å². The van der Waals surface area contributed by atoms with Crippen molar-refractivity contribution >= 4 is 11.4 Å². The summed E-state index contributed by atoms with van der Waals surface area (Å²) in [7, 11) is 0. The molecule has 0 spiro atoms. The highest BCUT2D eigenvalue weighted by Gasteiger charge is 2.36. The van der Waals surface area contributed by atoms with Crippen LogP contribution in [0.2, 0.25) is 0 Å². The van der Waals surface area contributed by atoms with Crippen molar-refractivity contribution in [1.82, 2.24) is 10.2 Å². The summed E-state index contributed by atoms with van der Waals surface area (Å²) in [6, 6.07) is 16.5. The van der Waals surface area contributed by atoms with E-state index in [1.165, 1.54) is 16.8 Å². The molecule has 4 nitrogen and oxygen atoms in total.